The summed E-state index contributed by atoms with van der Waals surface area (Å²) in [6, 6.07) is 32.3. The van der Waals surface area contributed by atoms with Crippen molar-refractivity contribution in [2.75, 3.05) is 10.8 Å². The number of ether oxygens (including phenoxy) is 1. The molecule has 182 valence electrons. The van der Waals surface area contributed by atoms with Crippen LogP contribution in [0.15, 0.2) is 114 Å². The summed E-state index contributed by atoms with van der Waals surface area (Å²) in [5, 5.41) is 3.10. The van der Waals surface area contributed by atoms with E-state index >= 15 is 0 Å². The van der Waals surface area contributed by atoms with Crippen LogP contribution in [0.3, 0.4) is 0 Å². The van der Waals surface area contributed by atoms with Gasteiger partial charge in [0.25, 0.3) is 15.9 Å². The predicted molar refractivity (Wildman–Crippen MR) is 139 cm³/mol. The number of rotatable bonds is 6. The number of fused-ring (bicyclic) bond motifs is 1. The summed E-state index contributed by atoms with van der Waals surface area (Å²) >= 11 is 0. The van der Waals surface area contributed by atoms with Gasteiger partial charge in [0.15, 0.2) is 6.10 Å². The summed E-state index contributed by atoms with van der Waals surface area (Å²) in [4.78, 5) is 13.7. The number of nitrogens with zero attached hydrogens (tertiary/aromatic N) is 1. The molecule has 0 bridgehead atoms. The lowest BCUT2D eigenvalue weighted by Crippen LogP contribution is -2.51. The normalized spacial score (nSPS) is 15.9. The Bertz CT molecular complexity index is 1460. The molecule has 2 atom stereocenters. The summed E-state index contributed by atoms with van der Waals surface area (Å²) in [6.07, 6.45) is -1.03. The van der Waals surface area contributed by atoms with Crippen molar-refractivity contribution in [1.82, 2.24) is 5.32 Å². The van der Waals surface area contributed by atoms with Crippen LogP contribution in [0.25, 0.3) is 0 Å². The summed E-state index contributed by atoms with van der Waals surface area (Å²) < 4.78 is 34.4. The van der Waals surface area contributed by atoms with Crippen LogP contribution in [-0.2, 0) is 14.8 Å². The molecule has 4 aromatic carbocycles. The molecule has 0 aliphatic carbocycles. The molecular formula is C29H26N2O4S. The molecule has 0 radical (unpaired) electrons. The fourth-order valence-electron chi connectivity index (χ4n) is 4.28. The van der Waals surface area contributed by atoms with Gasteiger partial charge >= 0.3 is 0 Å². The van der Waals surface area contributed by atoms with Gasteiger partial charge in [-0.2, -0.15) is 0 Å². The predicted octanol–water partition coefficient (Wildman–Crippen LogP) is 4.86. The third-order valence-electron chi connectivity index (χ3n) is 6.19. The first kappa shape index (κ1) is 23.6. The van der Waals surface area contributed by atoms with Crippen LogP contribution < -0.4 is 14.4 Å². The Morgan fingerprint density at radius 1 is 0.833 bits per heavy atom. The molecule has 0 saturated heterocycles. The van der Waals surface area contributed by atoms with E-state index in [4.69, 9.17) is 4.74 Å². The smallest absolute Gasteiger partial charge is 0.264 e. The van der Waals surface area contributed by atoms with Crippen molar-refractivity contribution < 1.29 is 17.9 Å². The number of carbonyl (C=O) groups is 1. The molecule has 0 saturated carbocycles. The van der Waals surface area contributed by atoms with Gasteiger partial charge < -0.3 is 10.1 Å². The minimum Gasteiger partial charge on any atom is -0.476 e. The monoisotopic (exact) mass is 498 g/mol. The van der Waals surface area contributed by atoms with Crippen LogP contribution in [0.2, 0.25) is 0 Å². The minimum absolute atomic E-state index is 0.143. The molecule has 0 fully saturated rings. The van der Waals surface area contributed by atoms with Gasteiger partial charge in [-0.25, -0.2) is 8.42 Å². The van der Waals surface area contributed by atoms with E-state index in [-0.39, 0.29) is 11.4 Å². The van der Waals surface area contributed by atoms with Crippen molar-refractivity contribution in [2.45, 2.75) is 24.0 Å². The number of para-hydroxylation sites is 2. The highest BCUT2D eigenvalue weighted by Gasteiger charge is 2.38. The maximum atomic E-state index is 13.6. The second-order valence-electron chi connectivity index (χ2n) is 8.69. The number of amides is 1. The Morgan fingerprint density at radius 3 is 2.11 bits per heavy atom. The zero-order valence-corrected chi connectivity index (χ0v) is 20.6. The van der Waals surface area contributed by atoms with Crippen LogP contribution in [0.4, 0.5) is 5.69 Å². The first-order chi connectivity index (χ1) is 17.4. The van der Waals surface area contributed by atoms with Crippen LogP contribution in [-0.4, -0.2) is 27.0 Å². The van der Waals surface area contributed by atoms with Gasteiger partial charge in [-0.15, -0.1) is 0 Å². The maximum Gasteiger partial charge on any atom is 0.264 e. The molecule has 36 heavy (non-hydrogen) atoms. The lowest BCUT2D eigenvalue weighted by Gasteiger charge is -2.35. The van der Waals surface area contributed by atoms with E-state index in [1.807, 2.05) is 61.5 Å². The fraction of sp³-hybridized carbons (Fsp3) is 0.138. The molecular weight excluding hydrogens is 472 g/mol. The maximum absolute atomic E-state index is 13.6. The van der Waals surface area contributed by atoms with Gasteiger partial charge in [-0.3, -0.25) is 9.10 Å². The number of aryl methyl sites for hydroxylation is 1. The van der Waals surface area contributed by atoms with Crippen molar-refractivity contribution in [3.63, 3.8) is 0 Å². The summed E-state index contributed by atoms with van der Waals surface area (Å²) in [7, 11) is -3.91. The summed E-state index contributed by atoms with van der Waals surface area (Å²) in [5.74, 6) is -0.0535. The second-order valence-corrected chi connectivity index (χ2v) is 10.5. The van der Waals surface area contributed by atoms with Crippen LogP contribution in [0, 0.1) is 6.92 Å². The van der Waals surface area contributed by atoms with Gasteiger partial charge in [-0.05, 0) is 42.3 Å². The molecule has 5 rings (SSSR count). The molecule has 7 heteroatoms. The third-order valence-corrected chi connectivity index (χ3v) is 7.98. The van der Waals surface area contributed by atoms with Gasteiger partial charge in [0.05, 0.1) is 23.2 Å². The van der Waals surface area contributed by atoms with Crippen molar-refractivity contribution >= 4 is 21.6 Å². The van der Waals surface area contributed by atoms with Crippen molar-refractivity contribution in [1.29, 1.82) is 0 Å². The fourth-order valence-corrected chi connectivity index (χ4v) is 5.78. The molecule has 1 heterocycles. The van der Waals surface area contributed by atoms with Gasteiger partial charge in [0.1, 0.15) is 5.75 Å². The molecule has 1 N–H and O–H groups in total. The first-order valence-electron chi connectivity index (χ1n) is 11.7. The standard InChI is InChI=1S/C29H26N2O4S/c1-21-16-18-23(19-17-21)28(22-10-4-2-5-11-22)30-29(32)27-20-31(25-14-8-9-15-26(25)35-27)36(33,34)24-12-6-3-7-13-24/h2-19,27-28H,20H2,1H3,(H,30,32)/t27-,28-/m0/s1. The average molecular weight is 499 g/mol. The molecule has 1 amide bonds. The molecule has 6 nitrogen and oxygen atoms in total. The highest BCUT2D eigenvalue weighted by molar-refractivity contribution is 7.92. The summed E-state index contributed by atoms with van der Waals surface area (Å²) in [5.41, 5.74) is 3.36. The molecule has 0 spiro atoms. The Balaban J connectivity index is 1.47. The topological polar surface area (TPSA) is 75.7 Å². The van der Waals surface area contributed by atoms with E-state index in [1.54, 1.807) is 54.6 Å². The molecule has 0 unspecified atom stereocenters. The number of carbonyl (C=O) groups excluding carboxylic acids is 1. The third kappa shape index (κ3) is 4.70. The van der Waals surface area contributed by atoms with Crippen LogP contribution in [0.1, 0.15) is 22.7 Å². The Hall–Kier alpha value is -4.10. The number of benzene rings is 4. The Kier molecular flexibility index (Phi) is 6.48. The Morgan fingerprint density at radius 2 is 1.42 bits per heavy atom. The van der Waals surface area contributed by atoms with Gasteiger partial charge in [-0.1, -0.05) is 90.5 Å². The minimum atomic E-state index is -3.91. The van der Waals surface area contributed by atoms with E-state index in [0.29, 0.717) is 11.4 Å². The highest BCUT2D eigenvalue weighted by Crippen LogP contribution is 2.37. The Labute approximate surface area is 211 Å². The van der Waals surface area contributed by atoms with E-state index in [0.717, 1.165) is 16.7 Å². The van der Waals surface area contributed by atoms with E-state index in [2.05, 4.69) is 5.32 Å². The van der Waals surface area contributed by atoms with Gasteiger partial charge in [0, 0.05) is 0 Å². The zero-order valence-electron chi connectivity index (χ0n) is 19.7. The van der Waals surface area contributed by atoms with Crippen molar-refractivity contribution in [3.05, 3.63) is 126 Å². The van der Waals surface area contributed by atoms with E-state index < -0.39 is 28.1 Å². The van der Waals surface area contributed by atoms with Crippen LogP contribution >= 0.6 is 0 Å². The number of hydrogen-bond donors (Lipinski definition) is 1. The number of anilines is 1. The van der Waals surface area contributed by atoms with Gasteiger partial charge in [0.2, 0.25) is 0 Å². The SMILES string of the molecule is Cc1ccc([C@@H](NC(=O)[C@@H]2CN(S(=O)(=O)c3ccccc3)c3ccccc3O2)c2ccccc2)cc1. The summed E-state index contributed by atoms with van der Waals surface area (Å²) in [6.45, 7) is 1.87. The number of sulfonamides is 1. The van der Waals surface area contributed by atoms with Crippen molar-refractivity contribution in [3.8, 4) is 5.75 Å². The quantitative estimate of drug-likeness (QED) is 0.412. The molecule has 0 aromatic heterocycles. The second kappa shape index (κ2) is 9.87. The average Bonchev–Trinajstić information content (AvgIpc) is 2.92. The van der Waals surface area contributed by atoms with E-state index in [9.17, 15) is 13.2 Å². The number of nitrogens with one attached hydrogen (secondary N) is 1. The molecule has 1 aliphatic heterocycles. The lowest BCUT2D eigenvalue weighted by molar-refractivity contribution is -0.128. The highest BCUT2D eigenvalue weighted by atomic mass is 32.2. The zero-order chi connectivity index (χ0) is 25.1. The van der Waals surface area contributed by atoms with E-state index in [1.165, 1.54) is 4.31 Å². The lowest BCUT2D eigenvalue weighted by atomic mass is 9.97. The van der Waals surface area contributed by atoms with Crippen LogP contribution in [0.5, 0.6) is 5.75 Å². The number of hydrogen-bond acceptors (Lipinski definition) is 4. The molecule has 1 aliphatic rings. The molecule has 4 aromatic rings. The first-order valence-corrected chi connectivity index (χ1v) is 13.1. The van der Waals surface area contributed by atoms with Crippen molar-refractivity contribution in [2.24, 2.45) is 0 Å². The largest absolute Gasteiger partial charge is 0.476 e.